The van der Waals surface area contributed by atoms with Gasteiger partial charge in [0.15, 0.2) is 11.5 Å². The molecule has 2 aliphatic heterocycles. The number of carbonyl (C=O) groups is 2. The Morgan fingerprint density at radius 1 is 1.38 bits per heavy atom. The molecule has 0 atom stereocenters. The van der Waals surface area contributed by atoms with Gasteiger partial charge in [0.05, 0.1) is 0 Å². The molecule has 0 bridgehead atoms. The number of ether oxygens (including phenoxy) is 1. The van der Waals surface area contributed by atoms with Crippen molar-refractivity contribution in [2.75, 3.05) is 26.2 Å². The van der Waals surface area contributed by atoms with Crippen molar-refractivity contribution in [2.45, 2.75) is 31.9 Å². The van der Waals surface area contributed by atoms with Crippen LogP contribution in [0.3, 0.4) is 0 Å². The Morgan fingerprint density at radius 2 is 2.19 bits per heavy atom. The molecule has 26 heavy (non-hydrogen) atoms. The molecule has 0 radical (unpaired) electrons. The quantitative estimate of drug-likeness (QED) is 0.863. The molecule has 2 aromatic rings. The minimum atomic E-state index is -0.575. The minimum Gasteiger partial charge on any atom is -0.441 e. The Kier molecular flexibility index (Phi) is 4.28. The number of para-hydroxylation sites is 1. The molecule has 2 saturated heterocycles. The summed E-state index contributed by atoms with van der Waals surface area (Å²) < 4.78 is 11.1. The van der Waals surface area contributed by atoms with Crippen molar-refractivity contribution in [1.29, 1.82) is 0 Å². The molecule has 1 spiro atoms. The molecule has 3 amide bonds. The third kappa shape index (κ3) is 3.24. The van der Waals surface area contributed by atoms with Gasteiger partial charge in [0.25, 0.3) is 0 Å². The highest BCUT2D eigenvalue weighted by Gasteiger charge is 2.42. The number of fused-ring (bicyclic) bond motifs is 1. The number of hydrogen-bond donors (Lipinski definition) is 2. The molecule has 138 valence electrons. The molecule has 8 heteroatoms. The number of amides is 3. The third-order valence-corrected chi connectivity index (χ3v) is 4.99. The first kappa shape index (κ1) is 16.8. The average Bonchev–Trinajstić information content (AvgIpc) is 3.18. The van der Waals surface area contributed by atoms with Gasteiger partial charge in [-0.05, 0) is 18.1 Å². The van der Waals surface area contributed by atoms with E-state index in [0.717, 1.165) is 16.7 Å². The number of rotatable bonds is 3. The van der Waals surface area contributed by atoms with Gasteiger partial charge in [-0.1, -0.05) is 12.1 Å². The standard InChI is InChI=1S/C18H22N4O4/c1-12-20-16-13(3-2-4-14(16)26-12)5-8-19-17(24)22-9-6-18(7-10-22)21-15(23)11-25-18/h2-4H,5-11H2,1H3,(H,19,24)(H,21,23). The molecule has 3 heterocycles. The molecule has 2 N–H and O–H groups in total. The van der Waals surface area contributed by atoms with Gasteiger partial charge < -0.3 is 24.7 Å². The highest BCUT2D eigenvalue weighted by molar-refractivity contribution is 5.80. The van der Waals surface area contributed by atoms with Gasteiger partial charge in [-0.2, -0.15) is 0 Å². The third-order valence-electron chi connectivity index (χ3n) is 4.99. The van der Waals surface area contributed by atoms with Crippen LogP contribution in [0.5, 0.6) is 0 Å². The summed E-state index contributed by atoms with van der Waals surface area (Å²) in [5, 5.41) is 5.84. The molecule has 2 aliphatic rings. The van der Waals surface area contributed by atoms with E-state index in [1.165, 1.54) is 0 Å². The van der Waals surface area contributed by atoms with Crippen LogP contribution in [0.4, 0.5) is 4.79 Å². The summed E-state index contributed by atoms with van der Waals surface area (Å²) in [7, 11) is 0. The normalized spacial score (nSPS) is 19.1. The lowest BCUT2D eigenvalue weighted by Gasteiger charge is -2.38. The van der Waals surface area contributed by atoms with Crippen LogP contribution in [0, 0.1) is 6.92 Å². The number of aromatic nitrogens is 1. The van der Waals surface area contributed by atoms with Gasteiger partial charge >= 0.3 is 6.03 Å². The van der Waals surface area contributed by atoms with Crippen molar-refractivity contribution >= 4 is 23.0 Å². The van der Waals surface area contributed by atoms with Crippen LogP contribution in [0.2, 0.25) is 0 Å². The fraction of sp³-hybridized carbons (Fsp3) is 0.500. The number of benzene rings is 1. The van der Waals surface area contributed by atoms with Gasteiger partial charge in [0, 0.05) is 39.4 Å². The lowest BCUT2D eigenvalue weighted by molar-refractivity contribution is -0.119. The molecule has 0 aliphatic carbocycles. The number of hydrogen-bond acceptors (Lipinski definition) is 5. The van der Waals surface area contributed by atoms with Crippen molar-refractivity contribution in [3.63, 3.8) is 0 Å². The number of nitrogens with zero attached hydrogens (tertiary/aromatic N) is 2. The predicted octanol–water partition coefficient (Wildman–Crippen LogP) is 1.33. The summed E-state index contributed by atoms with van der Waals surface area (Å²) in [6.07, 6.45) is 1.92. The van der Waals surface area contributed by atoms with Crippen molar-refractivity contribution in [3.05, 3.63) is 29.7 Å². The van der Waals surface area contributed by atoms with Crippen LogP contribution < -0.4 is 10.6 Å². The van der Waals surface area contributed by atoms with Crippen LogP contribution in [-0.2, 0) is 16.0 Å². The molecular weight excluding hydrogens is 336 g/mol. The van der Waals surface area contributed by atoms with E-state index in [1.54, 1.807) is 4.90 Å². The zero-order valence-corrected chi connectivity index (χ0v) is 14.7. The highest BCUT2D eigenvalue weighted by atomic mass is 16.5. The van der Waals surface area contributed by atoms with E-state index in [2.05, 4.69) is 15.6 Å². The first-order valence-corrected chi connectivity index (χ1v) is 8.87. The monoisotopic (exact) mass is 358 g/mol. The lowest BCUT2D eigenvalue weighted by atomic mass is 10.0. The summed E-state index contributed by atoms with van der Waals surface area (Å²) in [5.41, 5.74) is 2.10. The molecule has 0 saturated carbocycles. The first-order valence-electron chi connectivity index (χ1n) is 8.87. The highest BCUT2D eigenvalue weighted by Crippen LogP contribution is 2.26. The smallest absolute Gasteiger partial charge is 0.317 e. The van der Waals surface area contributed by atoms with Crippen molar-refractivity contribution in [1.82, 2.24) is 20.5 Å². The maximum absolute atomic E-state index is 12.4. The van der Waals surface area contributed by atoms with Crippen LogP contribution >= 0.6 is 0 Å². The second kappa shape index (κ2) is 6.60. The number of nitrogens with one attached hydrogen (secondary N) is 2. The Bertz CT molecular complexity index is 839. The van der Waals surface area contributed by atoms with Gasteiger partial charge in [0.1, 0.15) is 17.8 Å². The number of carbonyl (C=O) groups excluding carboxylic acids is 2. The predicted molar refractivity (Wildman–Crippen MR) is 93.5 cm³/mol. The molecule has 1 aromatic carbocycles. The Balaban J connectivity index is 1.28. The fourth-order valence-corrected chi connectivity index (χ4v) is 3.60. The second-order valence-corrected chi connectivity index (χ2v) is 6.80. The molecule has 8 nitrogen and oxygen atoms in total. The van der Waals surface area contributed by atoms with Crippen molar-refractivity contribution in [2.24, 2.45) is 0 Å². The van der Waals surface area contributed by atoms with Crippen LogP contribution in [0.1, 0.15) is 24.3 Å². The van der Waals surface area contributed by atoms with Gasteiger partial charge in [-0.3, -0.25) is 4.79 Å². The number of likely N-dealkylation sites (tertiary alicyclic amines) is 1. The average molecular weight is 358 g/mol. The minimum absolute atomic E-state index is 0.0832. The number of urea groups is 1. The summed E-state index contributed by atoms with van der Waals surface area (Å²) in [4.78, 5) is 29.9. The number of oxazole rings is 1. The van der Waals surface area contributed by atoms with E-state index < -0.39 is 5.72 Å². The molecule has 1 aromatic heterocycles. The molecule has 0 unspecified atom stereocenters. The summed E-state index contributed by atoms with van der Waals surface area (Å²) in [5.74, 6) is 0.556. The topological polar surface area (TPSA) is 96.7 Å². The van der Waals surface area contributed by atoms with E-state index in [0.29, 0.717) is 44.8 Å². The summed E-state index contributed by atoms with van der Waals surface area (Å²) in [6.45, 7) is 3.58. The van der Waals surface area contributed by atoms with E-state index in [-0.39, 0.29) is 18.5 Å². The molecule has 2 fully saturated rings. The van der Waals surface area contributed by atoms with Crippen molar-refractivity contribution < 1.29 is 18.7 Å². The Hall–Kier alpha value is -2.61. The van der Waals surface area contributed by atoms with E-state index in [1.807, 2.05) is 25.1 Å². The van der Waals surface area contributed by atoms with Crippen LogP contribution in [0.15, 0.2) is 22.6 Å². The Morgan fingerprint density at radius 3 is 2.92 bits per heavy atom. The SMILES string of the molecule is Cc1nc2c(CCNC(=O)N3CCC4(CC3)NC(=O)CO4)cccc2o1. The second-order valence-electron chi connectivity index (χ2n) is 6.80. The maximum atomic E-state index is 12.4. The largest absolute Gasteiger partial charge is 0.441 e. The van der Waals surface area contributed by atoms with Crippen LogP contribution in [0.25, 0.3) is 11.1 Å². The van der Waals surface area contributed by atoms with Crippen molar-refractivity contribution in [3.8, 4) is 0 Å². The van der Waals surface area contributed by atoms with E-state index in [4.69, 9.17) is 9.15 Å². The lowest BCUT2D eigenvalue weighted by Crippen LogP contribution is -2.54. The Labute approximate surface area is 150 Å². The summed E-state index contributed by atoms with van der Waals surface area (Å²) >= 11 is 0. The van der Waals surface area contributed by atoms with Gasteiger partial charge in [-0.25, -0.2) is 9.78 Å². The summed E-state index contributed by atoms with van der Waals surface area (Å²) in [6, 6.07) is 5.74. The van der Waals surface area contributed by atoms with Crippen LogP contribution in [-0.4, -0.2) is 53.8 Å². The van der Waals surface area contributed by atoms with E-state index in [9.17, 15) is 9.59 Å². The van der Waals surface area contributed by atoms with Gasteiger partial charge in [-0.15, -0.1) is 0 Å². The molecular formula is C18H22N4O4. The molecule has 4 rings (SSSR count). The maximum Gasteiger partial charge on any atom is 0.317 e. The van der Waals surface area contributed by atoms with Gasteiger partial charge in [0.2, 0.25) is 5.91 Å². The first-order chi connectivity index (χ1) is 12.5. The van der Waals surface area contributed by atoms with E-state index >= 15 is 0 Å². The fourth-order valence-electron chi connectivity index (χ4n) is 3.60. The number of aryl methyl sites for hydroxylation is 1. The zero-order chi connectivity index (χ0) is 18.1. The number of piperidine rings is 1. The zero-order valence-electron chi connectivity index (χ0n) is 14.7.